The molecule has 0 saturated heterocycles. The second-order valence-electron chi connectivity index (χ2n) is 7.06. The average Bonchev–Trinajstić information content (AvgIpc) is 2.61. The number of aryl methyl sites for hydroxylation is 3. The van der Waals surface area contributed by atoms with Gasteiger partial charge < -0.3 is 10.1 Å². The fourth-order valence-corrected chi connectivity index (χ4v) is 4.89. The van der Waals surface area contributed by atoms with E-state index in [0.29, 0.717) is 17.1 Å². The maximum Gasteiger partial charge on any atom is 0.248 e. The van der Waals surface area contributed by atoms with Crippen molar-refractivity contribution in [3.8, 4) is 5.75 Å². The second kappa shape index (κ2) is 9.05. The molecule has 0 aliphatic rings. The van der Waals surface area contributed by atoms with E-state index in [4.69, 9.17) is 16.3 Å². The van der Waals surface area contributed by atoms with E-state index < -0.39 is 22.0 Å². The van der Waals surface area contributed by atoms with Crippen LogP contribution in [-0.4, -0.2) is 33.7 Å². The Balaban J connectivity index is 2.47. The van der Waals surface area contributed by atoms with Crippen molar-refractivity contribution in [2.75, 3.05) is 23.0 Å². The van der Waals surface area contributed by atoms with E-state index in [-0.39, 0.29) is 11.4 Å². The first kappa shape index (κ1) is 23.0. The van der Waals surface area contributed by atoms with Crippen LogP contribution in [0.25, 0.3) is 0 Å². The quantitative estimate of drug-likeness (QED) is 0.692. The van der Waals surface area contributed by atoms with Gasteiger partial charge in [-0.05, 0) is 56.5 Å². The summed E-state index contributed by atoms with van der Waals surface area (Å²) >= 11 is 6.19. The highest BCUT2D eigenvalue weighted by Gasteiger charge is 2.32. The number of nitrogens with zero attached hydrogens (tertiary/aromatic N) is 1. The van der Waals surface area contributed by atoms with Crippen molar-refractivity contribution >= 4 is 38.9 Å². The molecule has 2 aromatic rings. The third kappa shape index (κ3) is 5.22. The van der Waals surface area contributed by atoms with Gasteiger partial charge in [-0.15, -0.1) is 0 Å². The Bertz CT molecular complexity index is 998. The standard InChI is InChI=1S/C21H27ClN2O4S/c1-7-18(21(25)23-20-14(3)10-13(2)11-15(20)4)24(29(6,26)27)16-8-9-19(28-5)17(22)12-16/h8-12,18H,7H2,1-6H3,(H,23,25)/t18-/m0/s1. The van der Waals surface area contributed by atoms with E-state index in [1.54, 1.807) is 19.1 Å². The van der Waals surface area contributed by atoms with Gasteiger partial charge in [-0.1, -0.05) is 36.2 Å². The smallest absolute Gasteiger partial charge is 0.248 e. The van der Waals surface area contributed by atoms with Gasteiger partial charge in [0.25, 0.3) is 0 Å². The van der Waals surface area contributed by atoms with Crippen molar-refractivity contribution < 1.29 is 17.9 Å². The summed E-state index contributed by atoms with van der Waals surface area (Å²) in [4.78, 5) is 13.1. The van der Waals surface area contributed by atoms with Crippen molar-refractivity contribution in [2.24, 2.45) is 0 Å². The molecule has 8 heteroatoms. The molecule has 0 fully saturated rings. The minimum atomic E-state index is -3.76. The predicted molar refractivity (Wildman–Crippen MR) is 119 cm³/mol. The molecule has 0 heterocycles. The summed E-state index contributed by atoms with van der Waals surface area (Å²) in [5, 5.41) is 3.18. The monoisotopic (exact) mass is 438 g/mol. The lowest BCUT2D eigenvalue weighted by Gasteiger charge is -2.30. The molecule has 158 valence electrons. The topological polar surface area (TPSA) is 75.7 Å². The van der Waals surface area contributed by atoms with Gasteiger partial charge in [-0.25, -0.2) is 8.42 Å². The molecule has 1 atom stereocenters. The summed E-state index contributed by atoms with van der Waals surface area (Å²) < 4.78 is 31.4. The number of sulfonamides is 1. The molecule has 6 nitrogen and oxygen atoms in total. The lowest BCUT2D eigenvalue weighted by atomic mass is 10.0. The molecule has 1 amide bonds. The summed E-state index contributed by atoms with van der Waals surface area (Å²) in [6.07, 6.45) is 1.36. The highest BCUT2D eigenvalue weighted by molar-refractivity contribution is 7.92. The van der Waals surface area contributed by atoms with Crippen molar-refractivity contribution in [1.82, 2.24) is 0 Å². The van der Waals surface area contributed by atoms with Gasteiger partial charge in [0, 0.05) is 5.69 Å². The Labute approximate surface area is 177 Å². The first-order chi connectivity index (χ1) is 13.5. The van der Waals surface area contributed by atoms with Gasteiger partial charge in [0.05, 0.1) is 24.1 Å². The minimum absolute atomic E-state index is 0.263. The molecule has 0 radical (unpaired) electrons. The van der Waals surface area contributed by atoms with E-state index in [2.05, 4.69) is 5.32 Å². The van der Waals surface area contributed by atoms with Gasteiger partial charge in [0.1, 0.15) is 11.8 Å². The highest BCUT2D eigenvalue weighted by atomic mass is 35.5. The summed E-state index contributed by atoms with van der Waals surface area (Å²) in [5.74, 6) is 0.0205. The zero-order valence-electron chi connectivity index (χ0n) is 17.5. The maximum atomic E-state index is 13.1. The number of anilines is 2. The van der Waals surface area contributed by atoms with Crippen LogP contribution in [0.1, 0.15) is 30.0 Å². The van der Waals surface area contributed by atoms with E-state index in [0.717, 1.165) is 27.3 Å². The molecule has 0 saturated carbocycles. The summed E-state index contributed by atoms with van der Waals surface area (Å²) in [5.41, 5.74) is 3.93. The Kier molecular flexibility index (Phi) is 7.19. The van der Waals surface area contributed by atoms with Crippen molar-refractivity contribution in [2.45, 2.75) is 40.2 Å². The maximum absolute atomic E-state index is 13.1. The van der Waals surface area contributed by atoms with Crippen LogP contribution < -0.4 is 14.4 Å². The van der Waals surface area contributed by atoms with E-state index in [1.807, 2.05) is 32.9 Å². The van der Waals surface area contributed by atoms with E-state index in [1.165, 1.54) is 13.2 Å². The van der Waals surface area contributed by atoms with Crippen LogP contribution in [0.15, 0.2) is 30.3 Å². The molecule has 0 aliphatic carbocycles. The van der Waals surface area contributed by atoms with Gasteiger partial charge in [-0.2, -0.15) is 0 Å². The SMILES string of the molecule is CC[C@@H](C(=O)Nc1c(C)cc(C)cc1C)N(c1ccc(OC)c(Cl)c1)S(C)(=O)=O. The minimum Gasteiger partial charge on any atom is -0.495 e. The van der Waals surface area contributed by atoms with Crippen LogP contribution in [0.5, 0.6) is 5.75 Å². The Morgan fingerprint density at radius 1 is 1.17 bits per heavy atom. The number of ether oxygens (including phenoxy) is 1. The molecular formula is C21H27ClN2O4S. The molecular weight excluding hydrogens is 412 g/mol. The third-order valence-electron chi connectivity index (χ3n) is 4.64. The molecule has 2 aromatic carbocycles. The Morgan fingerprint density at radius 2 is 1.76 bits per heavy atom. The van der Waals surface area contributed by atoms with Crippen LogP contribution in [0.2, 0.25) is 5.02 Å². The third-order valence-corrected chi connectivity index (χ3v) is 6.12. The highest BCUT2D eigenvalue weighted by Crippen LogP contribution is 2.32. The number of halogens is 1. The van der Waals surface area contributed by atoms with Gasteiger partial charge in [-0.3, -0.25) is 9.10 Å². The second-order valence-corrected chi connectivity index (χ2v) is 9.33. The summed E-state index contributed by atoms with van der Waals surface area (Å²) in [6, 6.07) is 7.65. The van der Waals surface area contributed by atoms with Crippen LogP contribution in [0, 0.1) is 20.8 Å². The first-order valence-electron chi connectivity index (χ1n) is 9.21. The van der Waals surface area contributed by atoms with Crippen molar-refractivity contribution in [1.29, 1.82) is 0 Å². The molecule has 2 rings (SSSR count). The number of hydrogen-bond acceptors (Lipinski definition) is 4. The molecule has 0 bridgehead atoms. The number of rotatable bonds is 7. The number of carbonyl (C=O) groups is 1. The Hall–Kier alpha value is -2.25. The number of benzene rings is 2. The number of hydrogen-bond donors (Lipinski definition) is 1. The van der Waals surface area contributed by atoms with E-state index >= 15 is 0 Å². The Morgan fingerprint density at radius 3 is 2.21 bits per heavy atom. The fraction of sp³-hybridized carbons (Fsp3) is 0.381. The zero-order chi connectivity index (χ0) is 21.9. The largest absolute Gasteiger partial charge is 0.495 e. The number of nitrogens with one attached hydrogen (secondary N) is 1. The summed E-state index contributed by atoms with van der Waals surface area (Å²) in [6.45, 7) is 7.57. The molecule has 0 unspecified atom stereocenters. The molecule has 0 aromatic heterocycles. The summed E-state index contributed by atoms with van der Waals surface area (Å²) in [7, 11) is -2.28. The van der Waals surface area contributed by atoms with Gasteiger partial charge in [0.15, 0.2) is 0 Å². The lowest BCUT2D eigenvalue weighted by Crippen LogP contribution is -2.47. The van der Waals surface area contributed by atoms with Crippen molar-refractivity contribution in [3.63, 3.8) is 0 Å². The van der Waals surface area contributed by atoms with E-state index in [9.17, 15) is 13.2 Å². The molecule has 29 heavy (non-hydrogen) atoms. The normalized spacial score (nSPS) is 12.4. The predicted octanol–water partition coefficient (Wildman–Crippen LogP) is 4.46. The van der Waals surface area contributed by atoms with Crippen LogP contribution in [0.4, 0.5) is 11.4 Å². The van der Waals surface area contributed by atoms with Gasteiger partial charge in [0.2, 0.25) is 15.9 Å². The van der Waals surface area contributed by atoms with Gasteiger partial charge >= 0.3 is 0 Å². The number of amides is 1. The van der Waals surface area contributed by atoms with Crippen molar-refractivity contribution in [3.05, 3.63) is 52.0 Å². The lowest BCUT2D eigenvalue weighted by molar-refractivity contribution is -0.117. The number of methoxy groups -OCH3 is 1. The average molecular weight is 439 g/mol. The molecule has 1 N–H and O–H groups in total. The van der Waals surface area contributed by atoms with Crippen LogP contribution in [0.3, 0.4) is 0 Å². The zero-order valence-corrected chi connectivity index (χ0v) is 19.1. The number of carbonyl (C=O) groups excluding carboxylic acids is 1. The fourth-order valence-electron chi connectivity index (χ4n) is 3.44. The van der Waals surface area contributed by atoms with Crippen LogP contribution in [-0.2, 0) is 14.8 Å². The van der Waals surface area contributed by atoms with Crippen LogP contribution >= 0.6 is 11.6 Å². The first-order valence-corrected chi connectivity index (χ1v) is 11.4. The molecule has 0 spiro atoms. The molecule has 0 aliphatic heterocycles.